The van der Waals surface area contributed by atoms with E-state index in [0.29, 0.717) is 5.69 Å². The van der Waals surface area contributed by atoms with Gasteiger partial charge in [-0.2, -0.15) is 5.26 Å². The molecule has 0 saturated heterocycles. The zero-order valence-corrected chi connectivity index (χ0v) is 11.0. The molecule has 0 amide bonds. The molecule has 0 radical (unpaired) electrons. The SMILES string of the molecule is CC1(C)C(C)(C)C1(C)Nc1ccc(C#N)nn1. The highest BCUT2D eigenvalue weighted by Crippen LogP contribution is 2.72. The van der Waals surface area contributed by atoms with E-state index in [9.17, 15) is 0 Å². The van der Waals surface area contributed by atoms with Gasteiger partial charge in [0.2, 0.25) is 0 Å². The lowest BCUT2D eigenvalue weighted by Crippen LogP contribution is -2.26. The molecule has 0 atom stereocenters. The quantitative estimate of drug-likeness (QED) is 0.848. The fraction of sp³-hybridized carbons (Fsp3) is 0.615. The number of anilines is 1. The zero-order chi connectivity index (χ0) is 12.9. The minimum atomic E-state index is 0.00282. The Balaban J connectivity index is 2.21. The Hall–Kier alpha value is -1.63. The molecule has 1 aromatic rings. The molecule has 0 aliphatic heterocycles. The highest BCUT2D eigenvalue weighted by Gasteiger charge is 2.74. The molecule has 1 N–H and O–H groups in total. The molecule has 1 heterocycles. The van der Waals surface area contributed by atoms with Crippen molar-refractivity contribution in [1.29, 1.82) is 5.26 Å². The van der Waals surface area contributed by atoms with E-state index < -0.39 is 0 Å². The lowest BCUT2D eigenvalue weighted by atomic mass is 10.0. The molecule has 1 aliphatic carbocycles. The molecule has 4 heteroatoms. The molecule has 1 aliphatic rings. The van der Waals surface area contributed by atoms with Crippen LogP contribution in [-0.2, 0) is 0 Å². The third kappa shape index (κ3) is 1.35. The van der Waals surface area contributed by atoms with E-state index >= 15 is 0 Å². The second-order valence-corrected chi connectivity index (χ2v) is 5.92. The largest absolute Gasteiger partial charge is 0.362 e. The van der Waals surface area contributed by atoms with Crippen LogP contribution in [0.25, 0.3) is 0 Å². The third-order valence-electron chi connectivity index (χ3n) is 5.16. The van der Waals surface area contributed by atoms with Gasteiger partial charge in [-0.3, -0.25) is 0 Å². The van der Waals surface area contributed by atoms with Crippen LogP contribution in [0.4, 0.5) is 5.82 Å². The summed E-state index contributed by atoms with van der Waals surface area (Å²) in [5, 5.41) is 20.0. The van der Waals surface area contributed by atoms with Crippen molar-refractivity contribution in [2.24, 2.45) is 10.8 Å². The summed E-state index contributed by atoms with van der Waals surface area (Å²) in [6.07, 6.45) is 0. The molecular formula is C13H18N4. The van der Waals surface area contributed by atoms with E-state index in [2.05, 4.69) is 50.1 Å². The van der Waals surface area contributed by atoms with E-state index in [0.717, 1.165) is 5.82 Å². The average molecular weight is 230 g/mol. The lowest BCUT2D eigenvalue weighted by molar-refractivity contribution is 0.457. The minimum absolute atomic E-state index is 0.00282. The van der Waals surface area contributed by atoms with Crippen LogP contribution in [0, 0.1) is 22.2 Å². The van der Waals surface area contributed by atoms with E-state index in [1.807, 2.05) is 6.07 Å². The van der Waals surface area contributed by atoms with Gasteiger partial charge in [0.05, 0.1) is 0 Å². The van der Waals surface area contributed by atoms with Crippen LogP contribution in [0.5, 0.6) is 0 Å². The predicted molar refractivity (Wildman–Crippen MR) is 66.3 cm³/mol. The summed E-state index contributed by atoms with van der Waals surface area (Å²) >= 11 is 0. The Labute approximate surface area is 102 Å². The number of aromatic nitrogens is 2. The number of rotatable bonds is 2. The first kappa shape index (κ1) is 11.8. The van der Waals surface area contributed by atoms with E-state index in [-0.39, 0.29) is 16.4 Å². The van der Waals surface area contributed by atoms with E-state index in [4.69, 9.17) is 5.26 Å². The van der Waals surface area contributed by atoms with Gasteiger partial charge in [-0.1, -0.05) is 27.7 Å². The fourth-order valence-corrected chi connectivity index (χ4v) is 2.62. The maximum Gasteiger partial charge on any atom is 0.163 e. The van der Waals surface area contributed by atoms with Crippen molar-refractivity contribution in [1.82, 2.24) is 10.2 Å². The van der Waals surface area contributed by atoms with Gasteiger partial charge in [-0.25, -0.2) is 0 Å². The Morgan fingerprint density at radius 2 is 1.65 bits per heavy atom. The molecule has 1 aromatic heterocycles. The first-order chi connectivity index (χ1) is 7.76. The van der Waals surface area contributed by atoms with Gasteiger partial charge in [-0.05, 0) is 29.9 Å². The summed E-state index contributed by atoms with van der Waals surface area (Å²) in [6, 6.07) is 5.45. The number of nitriles is 1. The van der Waals surface area contributed by atoms with Gasteiger partial charge in [-0.15, -0.1) is 10.2 Å². The Morgan fingerprint density at radius 1 is 1.06 bits per heavy atom. The van der Waals surface area contributed by atoms with Crippen molar-refractivity contribution in [2.45, 2.75) is 40.2 Å². The maximum absolute atomic E-state index is 8.67. The van der Waals surface area contributed by atoms with Crippen LogP contribution in [-0.4, -0.2) is 15.7 Å². The first-order valence-electron chi connectivity index (χ1n) is 5.78. The highest BCUT2D eigenvalue weighted by atomic mass is 15.2. The minimum Gasteiger partial charge on any atom is -0.362 e. The lowest BCUT2D eigenvalue weighted by Gasteiger charge is -2.18. The molecule has 2 rings (SSSR count). The monoisotopic (exact) mass is 230 g/mol. The number of hydrogen-bond acceptors (Lipinski definition) is 4. The molecule has 0 spiro atoms. The summed E-state index contributed by atoms with van der Waals surface area (Å²) in [6.45, 7) is 11.2. The van der Waals surface area contributed by atoms with Gasteiger partial charge in [0, 0.05) is 5.54 Å². The Morgan fingerprint density at radius 3 is 2.00 bits per heavy atom. The zero-order valence-electron chi connectivity index (χ0n) is 11.0. The van der Waals surface area contributed by atoms with Gasteiger partial charge >= 0.3 is 0 Å². The maximum atomic E-state index is 8.67. The van der Waals surface area contributed by atoms with Crippen LogP contribution in [0.1, 0.15) is 40.3 Å². The van der Waals surface area contributed by atoms with Crippen LogP contribution >= 0.6 is 0 Å². The van der Waals surface area contributed by atoms with Gasteiger partial charge in [0.15, 0.2) is 5.69 Å². The molecular weight excluding hydrogens is 212 g/mol. The van der Waals surface area contributed by atoms with Crippen molar-refractivity contribution in [3.8, 4) is 6.07 Å². The van der Waals surface area contributed by atoms with Gasteiger partial charge < -0.3 is 5.32 Å². The van der Waals surface area contributed by atoms with Crippen molar-refractivity contribution in [2.75, 3.05) is 5.32 Å². The molecule has 0 bridgehead atoms. The molecule has 1 fully saturated rings. The van der Waals surface area contributed by atoms with Gasteiger partial charge in [0.1, 0.15) is 11.9 Å². The summed E-state index contributed by atoms with van der Waals surface area (Å²) in [5.74, 6) is 0.727. The first-order valence-corrected chi connectivity index (χ1v) is 5.78. The number of hydrogen-bond donors (Lipinski definition) is 1. The molecule has 17 heavy (non-hydrogen) atoms. The summed E-state index contributed by atoms with van der Waals surface area (Å²) in [4.78, 5) is 0. The second-order valence-electron chi connectivity index (χ2n) is 5.92. The number of nitrogens with zero attached hydrogens (tertiary/aromatic N) is 3. The van der Waals surface area contributed by atoms with Crippen LogP contribution in [0.2, 0.25) is 0 Å². The standard InChI is InChI=1S/C13H18N4/c1-11(2)12(3,4)13(11,5)15-10-7-6-9(8-14)16-17-10/h6-7H,1-5H3,(H,15,17). The van der Waals surface area contributed by atoms with Crippen LogP contribution in [0.3, 0.4) is 0 Å². The van der Waals surface area contributed by atoms with Crippen LogP contribution < -0.4 is 5.32 Å². The molecule has 4 nitrogen and oxygen atoms in total. The van der Waals surface area contributed by atoms with Gasteiger partial charge in [0.25, 0.3) is 0 Å². The molecule has 0 unspecified atom stereocenters. The smallest absolute Gasteiger partial charge is 0.163 e. The fourth-order valence-electron chi connectivity index (χ4n) is 2.62. The predicted octanol–water partition coefficient (Wildman–Crippen LogP) is 2.58. The summed E-state index contributed by atoms with van der Waals surface area (Å²) in [5.41, 5.74) is 0.753. The third-order valence-corrected chi connectivity index (χ3v) is 5.16. The van der Waals surface area contributed by atoms with E-state index in [1.54, 1.807) is 12.1 Å². The Kier molecular flexibility index (Phi) is 2.22. The number of nitrogens with one attached hydrogen (secondary N) is 1. The van der Waals surface area contributed by atoms with Crippen molar-refractivity contribution < 1.29 is 0 Å². The Bertz CT molecular complexity index is 465. The topological polar surface area (TPSA) is 61.6 Å². The van der Waals surface area contributed by atoms with E-state index in [1.165, 1.54) is 0 Å². The average Bonchev–Trinajstić information content (AvgIpc) is 2.57. The second kappa shape index (κ2) is 3.19. The normalized spacial score (nSPS) is 22.6. The summed E-state index contributed by atoms with van der Waals surface area (Å²) in [7, 11) is 0. The molecule has 0 aromatic carbocycles. The van der Waals surface area contributed by atoms with Crippen molar-refractivity contribution in [3.05, 3.63) is 17.8 Å². The molecule has 1 saturated carbocycles. The molecule has 90 valence electrons. The summed E-state index contributed by atoms with van der Waals surface area (Å²) < 4.78 is 0. The van der Waals surface area contributed by atoms with Crippen molar-refractivity contribution in [3.63, 3.8) is 0 Å². The van der Waals surface area contributed by atoms with Crippen molar-refractivity contribution >= 4 is 5.82 Å². The highest BCUT2D eigenvalue weighted by molar-refractivity contribution is 5.47. The van der Waals surface area contributed by atoms with Crippen LogP contribution in [0.15, 0.2) is 12.1 Å².